The van der Waals surface area contributed by atoms with Gasteiger partial charge in [-0.25, -0.2) is 4.39 Å². The van der Waals surface area contributed by atoms with Crippen molar-refractivity contribution in [1.29, 1.82) is 0 Å². The highest BCUT2D eigenvalue weighted by atomic mass is 35.5. The van der Waals surface area contributed by atoms with E-state index in [0.29, 0.717) is 0 Å². The first-order valence-electron chi connectivity index (χ1n) is 6.25. The minimum atomic E-state index is -0.679. The zero-order chi connectivity index (χ0) is 13.6. The van der Waals surface area contributed by atoms with Crippen molar-refractivity contribution < 1.29 is 13.9 Å². The van der Waals surface area contributed by atoms with Crippen molar-refractivity contribution in [2.75, 3.05) is 5.73 Å². The first-order chi connectivity index (χ1) is 9.04. The fourth-order valence-corrected chi connectivity index (χ4v) is 3.01. The maximum atomic E-state index is 13.4. The number of amides is 1. The van der Waals surface area contributed by atoms with Crippen LogP contribution in [0.4, 0.5) is 10.1 Å². The van der Waals surface area contributed by atoms with Crippen LogP contribution < -0.4 is 11.1 Å². The van der Waals surface area contributed by atoms with Gasteiger partial charge in [-0.3, -0.25) is 4.79 Å². The number of ether oxygens (including phenoxy) is 1. The summed E-state index contributed by atoms with van der Waals surface area (Å²) in [6, 6.07) is 2.45. The summed E-state index contributed by atoms with van der Waals surface area (Å²) < 4.78 is 19.1. The maximum Gasteiger partial charge on any atom is 0.253 e. The summed E-state index contributed by atoms with van der Waals surface area (Å²) in [6.07, 6.45) is 3.11. The quantitative estimate of drug-likeness (QED) is 0.818. The van der Waals surface area contributed by atoms with Crippen LogP contribution in [-0.2, 0) is 4.74 Å². The smallest absolute Gasteiger partial charge is 0.253 e. The van der Waals surface area contributed by atoms with E-state index >= 15 is 0 Å². The predicted molar refractivity (Wildman–Crippen MR) is 69.6 cm³/mol. The Labute approximate surface area is 115 Å². The van der Waals surface area contributed by atoms with Gasteiger partial charge >= 0.3 is 0 Å². The van der Waals surface area contributed by atoms with Gasteiger partial charge in [0.05, 0.1) is 29.5 Å². The maximum absolute atomic E-state index is 13.4. The van der Waals surface area contributed by atoms with Crippen LogP contribution in [0.5, 0.6) is 0 Å². The van der Waals surface area contributed by atoms with Crippen molar-refractivity contribution in [3.05, 3.63) is 28.5 Å². The molecule has 19 heavy (non-hydrogen) atoms. The number of nitrogens with one attached hydrogen (secondary N) is 1. The Balaban J connectivity index is 1.77. The standard InChI is InChI=1S/C13H14ClFN2O2/c14-6-3-8(12(16)9(15)4-6)13(18)17-10-5-7-1-2-11(10)19-7/h3-4,7,10-11H,1-2,5,16H2,(H,17,18)/t7-,10+,11-/m1/s1. The molecule has 2 heterocycles. The molecule has 2 fully saturated rings. The minimum Gasteiger partial charge on any atom is -0.396 e. The van der Waals surface area contributed by atoms with E-state index in [4.69, 9.17) is 22.1 Å². The van der Waals surface area contributed by atoms with Gasteiger partial charge in [0.15, 0.2) is 0 Å². The van der Waals surface area contributed by atoms with Gasteiger partial charge in [-0.15, -0.1) is 0 Å². The van der Waals surface area contributed by atoms with Crippen LogP contribution in [-0.4, -0.2) is 24.2 Å². The Kier molecular flexibility index (Phi) is 3.11. The van der Waals surface area contributed by atoms with Crippen LogP contribution in [0, 0.1) is 5.82 Å². The van der Waals surface area contributed by atoms with Gasteiger partial charge in [0, 0.05) is 5.02 Å². The number of nitrogen functional groups attached to an aromatic ring is 1. The lowest BCUT2D eigenvalue weighted by molar-refractivity contribution is 0.0841. The van der Waals surface area contributed by atoms with E-state index in [9.17, 15) is 9.18 Å². The molecular weight excluding hydrogens is 271 g/mol. The molecule has 6 heteroatoms. The number of halogens is 2. The van der Waals surface area contributed by atoms with Crippen LogP contribution in [0.25, 0.3) is 0 Å². The molecule has 3 rings (SSSR count). The van der Waals surface area contributed by atoms with Crippen LogP contribution in [0.3, 0.4) is 0 Å². The Morgan fingerprint density at radius 2 is 2.26 bits per heavy atom. The lowest BCUT2D eigenvalue weighted by Gasteiger charge is -2.20. The van der Waals surface area contributed by atoms with Gasteiger partial charge < -0.3 is 15.8 Å². The highest BCUT2D eigenvalue weighted by Gasteiger charge is 2.41. The monoisotopic (exact) mass is 284 g/mol. The fraction of sp³-hybridized carbons (Fsp3) is 0.462. The summed E-state index contributed by atoms with van der Waals surface area (Å²) in [4.78, 5) is 12.1. The van der Waals surface area contributed by atoms with Gasteiger partial charge in [-0.1, -0.05) is 11.6 Å². The highest BCUT2D eigenvalue weighted by molar-refractivity contribution is 6.31. The molecule has 0 saturated carbocycles. The van der Waals surface area contributed by atoms with Crippen molar-refractivity contribution in [1.82, 2.24) is 5.32 Å². The Hall–Kier alpha value is -1.33. The molecule has 3 N–H and O–H groups in total. The molecule has 0 aromatic heterocycles. The van der Waals surface area contributed by atoms with Gasteiger partial charge in [0.2, 0.25) is 0 Å². The van der Waals surface area contributed by atoms with Gasteiger partial charge in [0.1, 0.15) is 5.82 Å². The van der Waals surface area contributed by atoms with Gasteiger partial charge in [-0.05, 0) is 31.4 Å². The first kappa shape index (κ1) is 12.7. The van der Waals surface area contributed by atoms with Crippen molar-refractivity contribution in [2.45, 2.75) is 37.5 Å². The molecule has 1 aromatic carbocycles. The number of nitrogens with two attached hydrogens (primary N) is 1. The van der Waals surface area contributed by atoms with Crippen molar-refractivity contribution >= 4 is 23.2 Å². The molecule has 0 spiro atoms. The number of carbonyl (C=O) groups excluding carboxylic acids is 1. The highest BCUT2D eigenvalue weighted by Crippen LogP contribution is 2.34. The molecule has 0 radical (unpaired) electrons. The lowest BCUT2D eigenvalue weighted by Crippen LogP contribution is -2.41. The third-order valence-electron chi connectivity index (χ3n) is 3.76. The number of fused-ring (bicyclic) bond motifs is 2. The molecule has 2 aliphatic rings. The molecule has 3 atom stereocenters. The van der Waals surface area contributed by atoms with Gasteiger partial charge in [0.25, 0.3) is 5.91 Å². The zero-order valence-electron chi connectivity index (χ0n) is 10.2. The second kappa shape index (κ2) is 4.65. The second-order valence-corrected chi connectivity index (χ2v) is 5.47. The van der Waals surface area contributed by atoms with E-state index in [-0.39, 0.29) is 34.5 Å². The third-order valence-corrected chi connectivity index (χ3v) is 3.98. The van der Waals surface area contributed by atoms with E-state index in [2.05, 4.69) is 5.32 Å². The lowest BCUT2D eigenvalue weighted by atomic mass is 9.95. The molecule has 0 aliphatic carbocycles. The topological polar surface area (TPSA) is 64.4 Å². The number of hydrogen-bond donors (Lipinski definition) is 2. The molecule has 1 amide bonds. The Morgan fingerprint density at radius 3 is 2.89 bits per heavy atom. The van der Waals surface area contributed by atoms with E-state index in [1.807, 2.05) is 0 Å². The van der Waals surface area contributed by atoms with E-state index in [1.165, 1.54) is 6.07 Å². The number of anilines is 1. The summed E-state index contributed by atoms with van der Waals surface area (Å²) in [5, 5.41) is 3.01. The normalized spacial score (nSPS) is 28.6. The molecule has 2 aliphatic heterocycles. The predicted octanol–water partition coefficient (Wildman–Crippen LogP) is 2.11. The minimum absolute atomic E-state index is 0.0207. The van der Waals surface area contributed by atoms with Crippen molar-refractivity contribution in [2.24, 2.45) is 0 Å². The summed E-state index contributed by atoms with van der Waals surface area (Å²) in [5.74, 6) is -1.08. The molecule has 4 nitrogen and oxygen atoms in total. The van der Waals surface area contributed by atoms with Crippen LogP contribution in [0.2, 0.25) is 5.02 Å². The summed E-state index contributed by atoms with van der Waals surface area (Å²) in [5.41, 5.74) is 5.48. The van der Waals surface area contributed by atoms with Crippen molar-refractivity contribution in [3.63, 3.8) is 0 Å². The number of carbonyl (C=O) groups is 1. The van der Waals surface area contributed by atoms with Gasteiger partial charge in [-0.2, -0.15) is 0 Å². The largest absolute Gasteiger partial charge is 0.396 e. The average Bonchev–Trinajstić information content (AvgIpc) is 2.95. The average molecular weight is 285 g/mol. The Morgan fingerprint density at radius 1 is 1.47 bits per heavy atom. The molecule has 102 valence electrons. The summed E-state index contributed by atoms with van der Waals surface area (Å²) >= 11 is 5.75. The molecule has 2 saturated heterocycles. The number of rotatable bonds is 2. The molecule has 2 bridgehead atoms. The number of hydrogen-bond acceptors (Lipinski definition) is 3. The van der Waals surface area contributed by atoms with Crippen LogP contribution >= 0.6 is 11.6 Å². The number of benzene rings is 1. The third kappa shape index (κ3) is 2.28. The van der Waals surface area contributed by atoms with E-state index < -0.39 is 11.7 Å². The van der Waals surface area contributed by atoms with E-state index in [1.54, 1.807) is 0 Å². The molecule has 0 unspecified atom stereocenters. The van der Waals surface area contributed by atoms with Crippen LogP contribution in [0.15, 0.2) is 12.1 Å². The molecular formula is C13H14ClFN2O2. The Bertz CT molecular complexity index is 538. The summed E-state index contributed by atoms with van der Waals surface area (Å²) in [7, 11) is 0. The van der Waals surface area contributed by atoms with Crippen molar-refractivity contribution in [3.8, 4) is 0 Å². The van der Waals surface area contributed by atoms with Crippen LogP contribution in [0.1, 0.15) is 29.6 Å². The first-order valence-corrected chi connectivity index (χ1v) is 6.63. The fourth-order valence-electron chi connectivity index (χ4n) is 2.81. The molecule has 1 aromatic rings. The second-order valence-electron chi connectivity index (χ2n) is 5.04. The SMILES string of the molecule is Nc1c(F)cc(Cl)cc1C(=O)N[C@H]1C[C@H]2CC[C@H]1O2. The summed E-state index contributed by atoms with van der Waals surface area (Å²) in [6.45, 7) is 0. The van der Waals surface area contributed by atoms with E-state index in [0.717, 1.165) is 25.3 Å². The zero-order valence-corrected chi connectivity index (χ0v) is 10.9.